The molecule has 1 heterocycles. The van der Waals surface area contributed by atoms with Crippen molar-refractivity contribution in [3.8, 4) is 0 Å². The van der Waals surface area contributed by atoms with Crippen LogP contribution >= 0.6 is 0 Å². The van der Waals surface area contributed by atoms with Crippen molar-refractivity contribution >= 4 is 0 Å². The van der Waals surface area contributed by atoms with Gasteiger partial charge in [-0.2, -0.15) is 0 Å². The van der Waals surface area contributed by atoms with E-state index >= 15 is 0 Å². The lowest BCUT2D eigenvalue weighted by Crippen LogP contribution is -2.28. The molecule has 0 amide bonds. The van der Waals surface area contributed by atoms with Gasteiger partial charge in [0.05, 0.1) is 11.1 Å². The number of rotatable bonds is 4. The first-order chi connectivity index (χ1) is 10.2. The molecule has 0 unspecified atom stereocenters. The van der Waals surface area contributed by atoms with Crippen LogP contribution in [0.1, 0.15) is 48.5 Å². The minimum atomic E-state index is 0.00969. The van der Waals surface area contributed by atoms with E-state index in [0.717, 1.165) is 36.6 Å². The highest BCUT2D eigenvalue weighted by Gasteiger charge is 2.40. The third kappa shape index (κ3) is 2.70. The van der Waals surface area contributed by atoms with E-state index < -0.39 is 0 Å². The summed E-state index contributed by atoms with van der Waals surface area (Å²) in [7, 11) is 1.96. The molecule has 1 aromatic carbocycles. The maximum absolute atomic E-state index is 4.88. The molecule has 1 aliphatic carbocycles. The number of hydrogen-bond donors (Lipinski definition) is 1. The first-order valence-electron chi connectivity index (χ1n) is 7.80. The fourth-order valence-electron chi connectivity index (χ4n) is 3.50. The van der Waals surface area contributed by atoms with E-state index in [9.17, 15) is 0 Å². The Morgan fingerprint density at radius 1 is 1.10 bits per heavy atom. The van der Waals surface area contributed by atoms with Crippen LogP contribution in [0.2, 0.25) is 0 Å². The summed E-state index contributed by atoms with van der Waals surface area (Å²) in [5.74, 6) is 1.01. The highest BCUT2D eigenvalue weighted by atomic mass is 14.9. The Bertz CT molecular complexity index is 601. The van der Waals surface area contributed by atoms with Gasteiger partial charge < -0.3 is 5.32 Å². The standard InChI is InChI=1S/C18H23N3/c1-14-12-16(13-19-2)21-17(20-14)18(10-6-7-11-18)15-8-4-3-5-9-15/h3-5,8-9,12,19H,6-7,10-11,13H2,1-2H3. The summed E-state index contributed by atoms with van der Waals surface area (Å²) in [6.45, 7) is 2.86. The second-order valence-electron chi connectivity index (χ2n) is 6.01. The topological polar surface area (TPSA) is 37.8 Å². The zero-order valence-corrected chi connectivity index (χ0v) is 12.9. The second kappa shape index (κ2) is 5.94. The van der Waals surface area contributed by atoms with Crippen LogP contribution in [0.5, 0.6) is 0 Å². The van der Waals surface area contributed by atoms with E-state index in [2.05, 4.69) is 48.6 Å². The second-order valence-corrected chi connectivity index (χ2v) is 6.01. The van der Waals surface area contributed by atoms with Crippen LogP contribution in [0.3, 0.4) is 0 Å². The lowest BCUT2D eigenvalue weighted by Gasteiger charge is -2.28. The van der Waals surface area contributed by atoms with Crippen molar-refractivity contribution in [1.82, 2.24) is 15.3 Å². The van der Waals surface area contributed by atoms with Crippen molar-refractivity contribution in [2.75, 3.05) is 7.05 Å². The fourth-order valence-corrected chi connectivity index (χ4v) is 3.50. The summed E-state index contributed by atoms with van der Waals surface area (Å²) in [5.41, 5.74) is 3.52. The van der Waals surface area contributed by atoms with Crippen LogP contribution in [-0.4, -0.2) is 17.0 Å². The third-order valence-corrected chi connectivity index (χ3v) is 4.48. The van der Waals surface area contributed by atoms with Gasteiger partial charge in [-0.15, -0.1) is 0 Å². The molecule has 1 fully saturated rings. The SMILES string of the molecule is CNCc1cc(C)nc(C2(c3ccccc3)CCCC2)n1. The molecule has 0 bridgehead atoms. The van der Waals surface area contributed by atoms with Gasteiger partial charge in [0.1, 0.15) is 5.82 Å². The summed E-state index contributed by atoms with van der Waals surface area (Å²) < 4.78 is 0. The average Bonchev–Trinajstić information content (AvgIpc) is 2.99. The molecule has 3 nitrogen and oxygen atoms in total. The van der Waals surface area contributed by atoms with E-state index in [1.54, 1.807) is 0 Å². The molecule has 1 N–H and O–H groups in total. The first kappa shape index (κ1) is 14.2. The number of nitrogens with zero attached hydrogens (tertiary/aromatic N) is 2. The lowest BCUT2D eigenvalue weighted by atomic mass is 9.78. The molecule has 1 aliphatic rings. The molecule has 3 heteroatoms. The van der Waals surface area contributed by atoms with E-state index in [1.807, 2.05) is 7.05 Å². The van der Waals surface area contributed by atoms with Gasteiger partial charge in [-0.05, 0) is 38.4 Å². The maximum Gasteiger partial charge on any atom is 0.139 e. The molecule has 21 heavy (non-hydrogen) atoms. The lowest BCUT2D eigenvalue weighted by molar-refractivity contribution is 0.493. The Kier molecular flexibility index (Phi) is 4.02. The van der Waals surface area contributed by atoms with Gasteiger partial charge in [-0.1, -0.05) is 43.2 Å². The summed E-state index contributed by atoms with van der Waals surface area (Å²) in [6, 6.07) is 12.9. The predicted octanol–water partition coefficient (Wildman–Crippen LogP) is 3.36. The van der Waals surface area contributed by atoms with Gasteiger partial charge in [0.15, 0.2) is 0 Å². The molecule has 1 aromatic heterocycles. The quantitative estimate of drug-likeness (QED) is 0.933. The Morgan fingerprint density at radius 3 is 2.48 bits per heavy atom. The number of aromatic nitrogens is 2. The molecule has 3 rings (SSSR count). The fraction of sp³-hybridized carbons (Fsp3) is 0.444. The van der Waals surface area contributed by atoms with Crippen LogP contribution in [-0.2, 0) is 12.0 Å². The van der Waals surface area contributed by atoms with Gasteiger partial charge >= 0.3 is 0 Å². The summed E-state index contributed by atoms with van der Waals surface area (Å²) in [6.07, 6.45) is 4.82. The monoisotopic (exact) mass is 281 g/mol. The molecule has 0 saturated heterocycles. The van der Waals surface area contributed by atoms with E-state index in [0.29, 0.717) is 0 Å². The minimum absolute atomic E-state index is 0.00969. The van der Waals surface area contributed by atoms with Crippen molar-refractivity contribution in [3.05, 3.63) is 59.2 Å². The molecule has 0 spiro atoms. The normalized spacial score (nSPS) is 17.0. The molecule has 1 saturated carbocycles. The molecular weight excluding hydrogens is 258 g/mol. The molecule has 0 atom stereocenters. The van der Waals surface area contributed by atoms with E-state index in [1.165, 1.54) is 18.4 Å². The zero-order chi connectivity index (χ0) is 14.7. The van der Waals surface area contributed by atoms with Crippen LogP contribution in [0.25, 0.3) is 0 Å². The van der Waals surface area contributed by atoms with Crippen LogP contribution in [0, 0.1) is 6.92 Å². The number of aryl methyl sites for hydroxylation is 1. The van der Waals surface area contributed by atoms with E-state index in [4.69, 9.17) is 9.97 Å². The largest absolute Gasteiger partial charge is 0.314 e. The molecule has 0 aliphatic heterocycles. The number of benzene rings is 1. The summed E-state index contributed by atoms with van der Waals surface area (Å²) >= 11 is 0. The first-order valence-corrected chi connectivity index (χ1v) is 7.80. The molecule has 0 radical (unpaired) electrons. The van der Waals surface area contributed by atoms with Crippen molar-refractivity contribution in [1.29, 1.82) is 0 Å². The van der Waals surface area contributed by atoms with Crippen LogP contribution in [0.15, 0.2) is 36.4 Å². The highest BCUT2D eigenvalue weighted by molar-refractivity contribution is 5.35. The van der Waals surface area contributed by atoms with Gasteiger partial charge in [-0.3, -0.25) is 0 Å². The number of nitrogens with one attached hydrogen (secondary N) is 1. The zero-order valence-electron chi connectivity index (χ0n) is 12.9. The van der Waals surface area contributed by atoms with Crippen molar-refractivity contribution in [2.24, 2.45) is 0 Å². The van der Waals surface area contributed by atoms with Gasteiger partial charge in [0, 0.05) is 12.2 Å². The number of hydrogen-bond acceptors (Lipinski definition) is 3. The average molecular weight is 281 g/mol. The molecule has 2 aromatic rings. The summed E-state index contributed by atoms with van der Waals surface area (Å²) in [4.78, 5) is 9.69. The highest BCUT2D eigenvalue weighted by Crippen LogP contribution is 2.44. The predicted molar refractivity (Wildman–Crippen MR) is 85.2 cm³/mol. The molecule has 110 valence electrons. The van der Waals surface area contributed by atoms with Gasteiger partial charge in [-0.25, -0.2) is 9.97 Å². The third-order valence-electron chi connectivity index (χ3n) is 4.48. The van der Waals surface area contributed by atoms with Crippen molar-refractivity contribution < 1.29 is 0 Å². The van der Waals surface area contributed by atoms with Crippen molar-refractivity contribution in [3.63, 3.8) is 0 Å². The summed E-state index contributed by atoms with van der Waals surface area (Å²) in [5, 5.41) is 3.19. The van der Waals surface area contributed by atoms with Gasteiger partial charge in [0.2, 0.25) is 0 Å². The Hall–Kier alpha value is -1.74. The van der Waals surface area contributed by atoms with E-state index in [-0.39, 0.29) is 5.41 Å². The van der Waals surface area contributed by atoms with Crippen LogP contribution in [0.4, 0.5) is 0 Å². The minimum Gasteiger partial charge on any atom is -0.314 e. The maximum atomic E-state index is 4.88. The Labute approximate surface area is 126 Å². The molecular formula is C18H23N3. The van der Waals surface area contributed by atoms with Crippen molar-refractivity contribution in [2.45, 2.75) is 44.6 Å². The Morgan fingerprint density at radius 2 is 1.81 bits per heavy atom. The van der Waals surface area contributed by atoms with Crippen LogP contribution < -0.4 is 5.32 Å². The van der Waals surface area contributed by atoms with Gasteiger partial charge in [0.25, 0.3) is 0 Å². The Balaban J connectivity index is 2.10. The smallest absolute Gasteiger partial charge is 0.139 e.